The maximum Gasteiger partial charge on any atom is 0.332 e. The Morgan fingerprint density at radius 2 is 1.88 bits per heavy atom. The Kier molecular flexibility index (Phi) is 5.37. The number of carboxylic acids is 1. The van der Waals surface area contributed by atoms with Gasteiger partial charge < -0.3 is 21.3 Å². The first-order valence-corrected chi connectivity index (χ1v) is 5.95. The lowest BCUT2D eigenvalue weighted by atomic mass is 9.86. The van der Waals surface area contributed by atoms with Gasteiger partial charge in [0.05, 0.1) is 0 Å². The van der Waals surface area contributed by atoms with Crippen molar-refractivity contribution in [2.45, 2.75) is 44.2 Å². The van der Waals surface area contributed by atoms with E-state index in [2.05, 4.69) is 5.32 Å². The minimum atomic E-state index is -1.41. The molecule has 1 aliphatic carbocycles. The van der Waals surface area contributed by atoms with Crippen LogP contribution in [-0.4, -0.2) is 40.8 Å². The normalized spacial score (nSPS) is 26.2. The van der Waals surface area contributed by atoms with E-state index in [1.165, 1.54) is 0 Å². The molecule has 1 atom stereocenters. The van der Waals surface area contributed by atoms with Crippen molar-refractivity contribution < 1.29 is 19.8 Å². The third kappa shape index (κ3) is 4.70. The first-order chi connectivity index (χ1) is 8.00. The summed E-state index contributed by atoms with van der Waals surface area (Å²) in [5.74, 6) is -1.34. The summed E-state index contributed by atoms with van der Waals surface area (Å²) in [4.78, 5) is 22.0. The molecule has 1 amide bonds. The molecule has 0 aromatic heterocycles. The molecule has 0 aromatic carbocycles. The lowest BCUT2D eigenvalue weighted by Gasteiger charge is -2.25. The number of amides is 1. The van der Waals surface area contributed by atoms with E-state index < -0.39 is 12.1 Å². The molecule has 1 fully saturated rings. The Labute approximate surface area is 100 Å². The predicted octanol–water partition coefficient (Wildman–Crippen LogP) is -0.544. The van der Waals surface area contributed by atoms with Crippen molar-refractivity contribution in [3.05, 3.63) is 0 Å². The molecular formula is C11H20N2O4. The minimum absolute atomic E-state index is 0.0169. The highest BCUT2D eigenvalue weighted by atomic mass is 16.4. The van der Waals surface area contributed by atoms with Crippen molar-refractivity contribution in [1.82, 2.24) is 5.32 Å². The van der Waals surface area contributed by atoms with Crippen LogP contribution < -0.4 is 11.1 Å². The molecule has 0 spiro atoms. The molecule has 0 heterocycles. The van der Waals surface area contributed by atoms with Crippen LogP contribution in [0.15, 0.2) is 0 Å². The van der Waals surface area contributed by atoms with Gasteiger partial charge in [0.2, 0.25) is 5.91 Å². The van der Waals surface area contributed by atoms with E-state index >= 15 is 0 Å². The van der Waals surface area contributed by atoms with Crippen molar-refractivity contribution in [2.24, 2.45) is 11.7 Å². The van der Waals surface area contributed by atoms with Gasteiger partial charge in [0, 0.05) is 24.9 Å². The van der Waals surface area contributed by atoms with Crippen molar-refractivity contribution >= 4 is 11.9 Å². The van der Waals surface area contributed by atoms with E-state index in [1.807, 2.05) is 0 Å². The fourth-order valence-corrected chi connectivity index (χ4v) is 1.98. The van der Waals surface area contributed by atoms with Crippen LogP contribution in [0.25, 0.3) is 0 Å². The van der Waals surface area contributed by atoms with Gasteiger partial charge in [0.15, 0.2) is 6.10 Å². The SMILES string of the molecule is NC1CCC(C(=O)NCCC(O)C(=O)O)CC1. The first-order valence-electron chi connectivity index (χ1n) is 5.95. The highest BCUT2D eigenvalue weighted by Gasteiger charge is 2.24. The smallest absolute Gasteiger partial charge is 0.332 e. The maximum absolute atomic E-state index is 11.7. The second-order valence-electron chi connectivity index (χ2n) is 4.55. The molecule has 0 bridgehead atoms. The predicted molar refractivity (Wildman–Crippen MR) is 61.2 cm³/mol. The summed E-state index contributed by atoms with van der Waals surface area (Å²) in [6.07, 6.45) is 1.91. The largest absolute Gasteiger partial charge is 0.479 e. The van der Waals surface area contributed by atoms with E-state index in [-0.39, 0.29) is 30.8 Å². The standard InChI is InChI=1S/C11H20N2O4/c12-8-3-1-7(2-4-8)10(15)13-6-5-9(14)11(16)17/h7-9,14H,1-6,12H2,(H,13,15)(H,16,17). The highest BCUT2D eigenvalue weighted by molar-refractivity contribution is 5.78. The minimum Gasteiger partial charge on any atom is -0.479 e. The van der Waals surface area contributed by atoms with Gasteiger partial charge >= 0.3 is 5.97 Å². The van der Waals surface area contributed by atoms with Crippen LogP contribution in [0.3, 0.4) is 0 Å². The van der Waals surface area contributed by atoms with E-state index in [1.54, 1.807) is 0 Å². The van der Waals surface area contributed by atoms with Gasteiger partial charge in [0.1, 0.15) is 0 Å². The van der Waals surface area contributed by atoms with Gasteiger partial charge in [-0.05, 0) is 25.7 Å². The average Bonchev–Trinajstić information content (AvgIpc) is 2.29. The van der Waals surface area contributed by atoms with Crippen molar-refractivity contribution in [3.8, 4) is 0 Å². The fraction of sp³-hybridized carbons (Fsp3) is 0.818. The molecule has 6 nitrogen and oxygen atoms in total. The number of carboxylic acid groups (broad SMARTS) is 1. The third-order valence-electron chi connectivity index (χ3n) is 3.14. The molecule has 0 radical (unpaired) electrons. The number of rotatable bonds is 5. The Morgan fingerprint density at radius 3 is 2.41 bits per heavy atom. The van der Waals surface area contributed by atoms with Crippen LogP contribution in [0.1, 0.15) is 32.1 Å². The van der Waals surface area contributed by atoms with Gasteiger partial charge in [-0.1, -0.05) is 0 Å². The van der Waals surface area contributed by atoms with Crippen LogP contribution in [0, 0.1) is 5.92 Å². The maximum atomic E-state index is 11.7. The second-order valence-corrected chi connectivity index (χ2v) is 4.55. The summed E-state index contributed by atoms with van der Waals surface area (Å²) in [6.45, 7) is 0.189. The Hall–Kier alpha value is -1.14. The number of aliphatic hydroxyl groups is 1. The summed E-state index contributed by atoms with van der Waals surface area (Å²) in [5.41, 5.74) is 5.74. The molecule has 98 valence electrons. The molecular weight excluding hydrogens is 224 g/mol. The van der Waals surface area contributed by atoms with E-state index in [0.717, 1.165) is 25.7 Å². The van der Waals surface area contributed by atoms with Crippen LogP contribution >= 0.6 is 0 Å². The quantitative estimate of drug-likeness (QED) is 0.518. The lowest BCUT2D eigenvalue weighted by Crippen LogP contribution is -2.37. The summed E-state index contributed by atoms with van der Waals surface area (Å²) in [7, 11) is 0. The Balaban J connectivity index is 2.19. The highest BCUT2D eigenvalue weighted by Crippen LogP contribution is 2.23. The van der Waals surface area contributed by atoms with E-state index in [9.17, 15) is 9.59 Å². The zero-order valence-corrected chi connectivity index (χ0v) is 9.76. The molecule has 1 rings (SSSR count). The molecule has 1 saturated carbocycles. The molecule has 1 unspecified atom stereocenters. The number of hydrogen-bond acceptors (Lipinski definition) is 4. The van der Waals surface area contributed by atoms with E-state index in [4.69, 9.17) is 15.9 Å². The third-order valence-corrected chi connectivity index (χ3v) is 3.14. The zero-order chi connectivity index (χ0) is 12.8. The molecule has 6 heteroatoms. The number of aliphatic hydroxyl groups excluding tert-OH is 1. The summed E-state index contributed by atoms with van der Waals surface area (Å²) >= 11 is 0. The van der Waals surface area contributed by atoms with Gasteiger partial charge in [0.25, 0.3) is 0 Å². The number of aliphatic carboxylic acids is 1. The second kappa shape index (κ2) is 6.56. The lowest BCUT2D eigenvalue weighted by molar-refractivity contribution is -0.147. The average molecular weight is 244 g/mol. The van der Waals surface area contributed by atoms with Gasteiger partial charge in [-0.15, -0.1) is 0 Å². The van der Waals surface area contributed by atoms with Gasteiger partial charge in [-0.25, -0.2) is 4.79 Å². The molecule has 0 aromatic rings. The molecule has 0 aliphatic heterocycles. The molecule has 17 heavy (non-hydrogen) atoms. The molecule has 1 aliphatic rings. The van der Waals surface area contributed by atoms with Gasteiger partial charge in [-0.2, -0.15) is 0 Å². The molecule has 5 N–H and O–H groups in total. The number of nitrogens with two attached hydrogens (primary N) is 1. The zero-order valence-electron chi connectivity index (χ0n) is 9.76. The van der Waals surface area contributed by atoms with Crippen LogP contribution in [0.5, 0.6) is 0 Å². The summed E-state index contributed by atoms with van der Waals surface area (Å²) < 4.78 is 0. The monoisotopic (exact) mass is 244 g/mol. The van der Waals surface area contributed by atoms with Gasteiger partial charge in [-0.3, -0.25) is 4.79 Å². The number of nitrogens with one attached hydrogen (secondary N) is 1. The number of carbonyl (C=O) groups is 2. The Morgan fingerprint density at radius 1 is 1.29 bits per heavy atom. The number of carbonyl (C=O) groups excluding carboxylic acids is 1. The Bertz CT molecular complexity index is 275. The van der Waals surface area contributed by atoms with Crippen LogP contribution in [-0.2, 0) is 9.59 Å². The van der Waals surface area contributed by atoms with Crippen molar-refractivity contribution in [1.29, 1.82) is 0 Å². The van der Waals surface area contributed by atoms with Crippen molar-refractivity contribution in [3.63, 3.8) is 0 Å². The van der Waals surface area contributed by atoms with Crippen LogP contribution in [0.2, 0.25) is 0 Å². The topological polar surface area (TPSA) is 113 Å². The first kappa shape index (κ1) is 13.9. The fourth-order valence-electron chi connectivity index (χ4n) is 1.98. The number of hydrogen-bond donors (Lipinski definition) is 4. The summed E-state index contributed by atoms with van der Waals surface area (Å²) in [5, 5.41) is 20.1. The van der Waals surface area contributed by atoms with Crippen LogP contribution in [0.4, 0.5) is 0 Å². The van der Waals surface area contributed by atoms with Crippen molar-refractivity contribution in [2.75, 3.05) is 6.54 Å². The summed E-state index contributed by atoms with van der Waals surface area (Å²) in [6, 6.07) is 0.202. The van der Waals surface area contributed by atoms with E-state index in [0.29, 0.717) is 0 Å². The molecule has 0 saturated heterocycles.